The second kappa shape index (κ2) is 3.50. The molecule has 3 rings (SSSR count). The van der Waals surface area contributed by atoms with Crippen molar-refractivity contribution < 1.29 is 0 Å². The average molecular weight is 220 g/mol. The molecule has 3 aliphatic rings. The molecule has 0 heterocycles. The van der Waals surface area contributed by atoms with Crippen LogP contribution in [0.4, 0.5) is 0 Å². The van der Waals surface area contributed by atoms with Gasteiger partial charge in [0.15, 0.2) is 0 Å². The largest absolute Gasteiger partial charge is 0.0625 e. The van der Waals surface area contributed by atoms with E-state index in [0.29, 0.717) is 0 Å². The Morgan fingerprint density at radius 2 is 1.56 bits per heavy atom. The van der Waals surface area contributed by atoms with Crippen LogP contribution in [0.5, 0.6) is 0 Å². The Morgan fingerprint density at radius 3 is 1.94 bits per heavy atom. The lowest BCUT2D eigenvalue weighted by molar-refractivity contribution is -0.107. The number of hydrogen-bond acceptors (Lipinski definition) is 0. The fraction of sp³-hybridized carbons (Fsp3) is 1.00. The van der Waals surface area contributed by atoms with E-state index >= 15 is 0 Å². The van der Waals surface area contributed by atoms with Crippen molar-refractivity contribution in [3.63, 3.8) is 0 Å². The fourth-order valence-corrected chi connectivity index (χ4v) is 5.49. The van der Waals surface area contributed by atoms with Gasteiger partial charge in [0.25, 0.3) is 0 Å². The molecule has 0 aromatic heterocycles. The summed E-state index contributed by atoms with van der Waals surface area (Å²) in [6.45, 7) is 12.4. The van der Waals surface area contributed by atoms with E-state index in [4.69, 9.17) is 0 Å². The van der Waals surface area contributed by atoms with Gasteiger partial charge in [0.2, 0.25) is 0 Å². The molecule has 0 radical (unpaired) electrons. The lowest BCUT2D eigenvalue weighted by atomic mass is 9.46. The number of rotatable bonds is 3. The van der Waals surface area contributed by atoms with Crippen molar-refractivity contribution in [2.24, 2.45) is 53.3 Å². The Balaban J connectivity index is 1.58. The van der Waals surface area contributed by atoms with Gasteiger partial charge < -0.3 is 0 Å². The second-order valence-electron chi connectivity index (χ2n) is 7.56. The summed E-state index contributed by atoms with van der Waals surface area (Å²) in [6.07, 6.45) is 3.12. The van der Waals surface area contributed by atoms with E-state index in [1.807, 2.05) is 0 Å². The summed E-state index contributed by atoms with van der Waals surface area (Å²) in [6, 6.07) is 0. The molecule has 3 aliphatic carbocycles. The van der Waals surface area contributed by atoms with Crippen molar-refractivity contribution in [1.82, 2.24) is 0 Å². The van der Waals surface area contributed by atoms with Crippen LogP contribution in [-0.4, -0.2) is 0 Å². The first kappa shape index (κ1) is 11.1. The van der Waals surface area contributed by atoms with Crippen molar-refractivity contribution in [2.45, 2.75) is 47.5 Å². The standard InChI is InChI=1S/C16H28/c1-8(2)15-11(5)16(15)10(4)13-7-12-9(3)6-14(12)13/h8-16H,6-7H2,1-5H3. The van der Waals surface area contributed by atoms with Crippen molar-refractivity contribution in [3.8, 4) is 0 Å². The van der Waals surface area contributed by atoms with Gasteiger partial charge in [0, 0.05) is 0 Å². The Labute approximate surface area is 101 Å². The predicted octanol–water partition coefficient (Wildman–Crippen LogP) is 4.45. The van der Waals surface area contributed by atoms with Crippen LogP contribution in [0.25, 0.3) is 0 Å². The van der Waals surface area contributed by atoms with E-state index in [9.17, 15) is 0 Å². The molecule has 0 heteroatoms. The van der Waals surface area contributed by atoms with E-state index in [2.05, 4.69) is 34.6 Å². The van der Waals surface area contributed by atoms with Crippen LogP contribution in [0.2, 0.25) is 0 Å². The fourth-order valence-electron chi connectivity index (χ4n) is 5.49. The molecule has 0 aromatic rings. The predicted molar refractivity (Wildman–Crippen MR) is 69.0 cm³/mol. The van der Waals surface area contributed by atoms with Gasteiger partial charge in [0.05, 0.1) is 0 Å². The molecule has 0 spiro atoms. The summed E-state index contributed by atoms with van der Waals surface area (Å²) in [7, 11) is 0. The van der Waals surface area contributed by atoms with Gasteiger partial charge in [-0.1, -0.05) is 34.6 Å². The van der Waals surface area contributed by atoms with E-state index < -0.39 is 0 Å². The first-order valence-electron chi connectivity index (χ1n) is 7.52. The van der Waals surface area contributed by atoms with Gasteiger partial charge >= 0.3 is 0 Å². The van der Waals surface area contributed by atoms with Gasteiger partial charge in [-0.25, -0.2) is 0 Å². The Kier molecular flexibility index (Phi) is 2.43. The van der Waals surface area contributed by atoms with E-state index in [1.54, 1.807) is 12.8 Å². The van der Waals surface area contributed by atoms with Crippen LogP contribution in [0.3, 0.4) is 0 Å². The summed E-state index contributed by atoms with van der Waals surface area (Å²) in [5.41, 5.74) is 0. The lowest BCUT2D eigenvalue weighted by Crippen LogP contribution is -2.52. The minimum atomic E-state index is 0.915. The first-order chi connectivity index (χ1) is 7.52. The van der Waals surface area contributed by atoms with Gasteiger partial charge in [-0.2, -0.15) is 0 Å². The van der Waals surface area contributed by atoms with E-state index in [1.165, 1.54) is 0 Å². The van der Waals surface area contributed by atoms with Crippen LogP contribution in [-0.2, 0) is 0 Å². The zero-order chi connectivity index (χ0) is 11.6. The third kappa shape index (κ3) is 1.34. The molecular formula is C16H28. The summed E-state index contributed by atoms with van der Waals surface area (Å²) in [5.74, 6) is 9.53. The SMILES string of the molecule is CC(C)C1C(C)C1C(C)C1CC2C(C)CC21. The molecule has 3 saturated carbocycles. The molecular weight excluding hydrogens is 192 g/mol. The molecule has 8 unspecified atom stereocenters. The molecule has 0 aliphatic heterocycles. The van der Waals surface area contributed by atoms with E-state index in [-0.39, 0.29) is 0 Å². The van der Waals surface area contributed by atoms with Crippen LogP contribution < -0.4 is 0 Å². The Hall–Kier alpha value is 0. The molecule has 0 amide bonds. The maximum Gasteiger partial charge on any atom is -0.0324 e. The highest BCUT2D eigenvalue weighted by atomic mass is 14.6. The molecule has 92 valence electrons. The quantitative estimate of drug-likeness (QED) is 0.659. The highest BCUT2D eigenvalue weighted by Crippen LogP contribution is 2.65. The maximum atomic E-state index is 2.56. The molecule has 0 aromatic carbocycles. The Morgan fingerprint density at radius 1 is 0.875 bits per heavy atom. The van der Waals surface area contributed by atoms with Crippen molar-refractivity contribution in [3.05, 3.63) is 0 Å². The minimum Gasteiger partial charge on any atom is -0.0625 e. The van der Waals surface area contributed by atoms with Crippen LogP contribution in [0, 0.1) is 53.3 Å². The smallest absolute Gasteiger partial charge is 0.0324 e. The van der Waals surface area contributed by atoms with Gasteiger partial charge in [-0.3, -0.25) is 0 Å². The molecule has 0 saturated heterocycles. The highest BCUT2D eigenvalue weighted by Gasteiger charge is 2.59. The minimum absolute atomic E-state index is 0.915. The zero-order valence-corrected chi connectivity index (χ0v) is 11.6. The van der Waals surface area contributed by atoms with Gasteiger partial charge in [0.1, 0.15) is 0 Å². The summed E-state index contributed by atoms with van der Waals surface area (Å²) < 4.78 is 0. The topological polar surface area (TPSA) is 0 Å². The molecule has 0 N–H and O–H groups in total. The van der Waals surface area contributed by atoms with Gasteiger partial charge in [-0.15, -0.1) is 0 Å². The molecule has 3 fully saturated rings. The first-order valence-corrected chi connectivity index (χ1v) is 7.52. The van der Waals surface area contributed by atoms with Crippen molar-refractivity contribution >= 4 is 0 Å². The number of fused-ring (bicyclic) bond motifs is 1. The second-order valence-corrected chi connectivity index (χ2v) is 7.56. The normalized spacial score (nSPS) is 56.2. The molecule has 0 bridgehead atoms. The monoisotopic (exact) mass is 220 g/mol. The van der Waals surface area contributed by atoms with Crippen LogP contribution in [0.1, 0.15) is 47.5 Å². The van der Waals surface area contributed by atoms with Crippen molar-refractivity contribution in [1.29, 1.82) is 0 Å². The van der Waals surface area contributed by atoms with Crippen molar-refractivity contribution in [2.75, 3.05) is 0 Å². The summed E-state index contributed by atoms with van der Waals surface area (Å²) in [4.78, 5) is 0. The maximum absolute atomic E-state index is 2.56. The third-order valence-electron chi connectivity index (χ3n) is 6.59. The third-order valence-corrected chi connectivity index (χ3v) is 6.59. The summed E-state index contributed by atoms with van der Waals surface area (Å²) >= 11 is 0. The highest BCUT2D eigenvalue weighted by molar-refractivity contribution is 5.07. The van der Waals surface area contributed by atoms with E-state index in [0.717, 1.165) is 53.3 Å². The Bertz CT molecular complexity index is 280. The zero-order valence-electron chi connectivity index (χ0n) is 11.6. The van der Waals surface area contributed by atoms with Gasteiger partial charge in [-0.05, 0) is 66.1 Å². The number of hydrogen-bond donors (Lipinski definition) is 0. The molecule has 0 nitrogen and oxygen atoms in total. The molecule has 16 heavy (non-hydrogen) atoms. The molecule has 8 atom stereocenters. The van der Waals surface area contributed by atoms with Crippen LogP contribution in [0.15, 0.2) is 0 Å². The summed E-state index contributed by atoms with van der Waals surface area (Å²) in [5, 5.41) is 0. The lowest BCUT2D eigenvalue weighted by Gasteiger charge is -2.60. The van der Waals surface area contributed by atoms with Crippen LogP contribution >= 0.6 is 0 Å². The average Bonchev–Trinajstić information content (AvgIpc) is 2.86.